The van der Waals surface area contributed by atoms with E-state index in [9.17, 15) is 9.59 Å². The van der Waals surface area contributed by atoms with E-state index in [1.54, 1.807) is 15.3 Å². The second kappa shape index (κ2) is 8.22. The molecule has 0 fully saturated rings. The van der Waals surface area contributed by atoms with Crippen molar-refractivity contribution in [2.24, 2.45) is 0 Å². The number of carbonyl (C=O) groups excluding carboxylic acids is 1. The van der Waals surface area contributed by atoms with E-state index < -0.39 is 0 Å². The first-order valence-corrected chi connectivity index (χ1v) is 10.4. The predicted molar refractivity (Wildman–Crippen MR) is 124 cm³/mol. The van der Waals surface area contributed by atoms with Crippen molar-refractivity contribution in [2.75, 3.05) is 5.32 Å². The SMILES string of the molecule is Cc1ccc(NC(=O)CCn2c(=O)cc(C)c3c(C)nn(-c4ccccc4)c32)c(C)c1. The zero-order valence-corrected chi connectivity index (χ0v) is 18.3. The maximum Gasteiger partial charge on any atom is 0.252 e. The molecule has 4 aromatic rings. The molecule has 1 amide bonds. The second-order valence-corrected chi connectivity index (χ2v) is 7.97. The van der Waals surface area contributed by atoms with Crippen LogP contribution in [-0.4, -0.2) is 20.3 Å². The van der Waals surface area contributed by atoms with Gasteiger partial charge in [0.05, 0.1) is 11.4 Å². The van der Waals surface area contributed by atoms with Crippen LogP contribution < -0.4 is 10.9 Å². The summed E-state index contributed by atoms with van der Waals surface area (Å²) in [5.74, 6) is -0.130. The van der Waals surface area contributed by atoms with Crippen LogP contribution in [0.4, 0.5) is 5.69 Å². The van der Waals surface area contributed by atoms with Crippen LogP contribution in [0.3, 0.4) is 0 Å². The summed E-state index contributed by atoms with van der Waals surface area (Å²) in [6.45, 7) is 8.12. The Balaban J connectivity index is 1.69. The lowest BCUT2D eigenvalue weighted by atomic mass is 10.1. The van der Waals surface area contributed by atoms with Crippen molar-refractivity contribution >= 4 is 22.6 Å². The molecule has 4 rings (SSSR count). The minimum Gasteiger partial charge on any atom is -0.326 e. The highest BCUT2D eigenvalue weighted by molar-refractivity contribution is 5.91. The van der Waals surface area contributed by atoms with Crippen LogP contribution in [0.15, 0.2) is 59.4 Å². The number of hydrogen-bond donors (Lipinski definition) is 1. The van der Waals surface area contributed by atoms with E-state index in [1.807, 2.05) is 76.2 Å². The molecule has 0 unspecified atom stereocenters. The molecule has 0 radical (unpaired) electrons. The zero-order valence-electron chi connectivity index (χ0n) is 18.3. The number of aryl methyl sites for hydroxylation is 5. The predicted octanol–water partition coefficient (Wildman–Crippen LogP) is 4.45. The molecule has 0 saturated carbocycles. The first kappa shape index (κ1) is 20.6. The maximum atomic E-state index is 12.9. The van der Waals surface area contributed by atoms with Crippen molar-refractivity contribution < 1.29 is 4.79 Å². The van der Waals surface area contributed by atoms with Crippen LogP contribution in [0.5, 0.6) is 0 Å². The summed E-state index contributed by atoms with van der Waals surface area (Å²) in [6, 6.07) is 17.3. The standard InChI is InChI=1S/C25H26N4O2/c1-16-10-11-21(17(2)14-16)26-22(30)12-13-28-23(31)15-18(3)24-19(4)27-29(25(24)28)20-8-6-5-7-9-20/h5-11,14-15H,12-13H2,1-4H3,(H,26,30). The summed E-state index contributed by atoms with van der Waals surface area (Å²) in [6.07, 6.45) is 0.185. The third kappa shape index (κ3) is 4.01. The van der Waals surface area contributed by atoms with Crippen molar-refractivity contribution in [3.05, 3.63) is 87.3 Å². The number of benzene rings is 2. The molecular formula is C25H26N4O2. The molecule has 0 aliphatic heterocycles. The summed E-state index contributed by atoms with van der Waals surface area (Å²) in [7, 11) is 0. The van der Waals surface area contributed by atoms with Gasteiger partial charge in [-0.15, -0.1) is 0 Å². The number of aromatic nitrogens is 3. The lowest BCUT2D eigenvalue weighted by Gasteiger charge is -2.13. The highest BCUT2D eigenvalue weighted by Crippen LogP contribution is 2.24. The van der Waals surface area contributed by atoms with Gasteiger partial charge in [-0.05, 0) is 57.0 Å². The maximum absolute atomic E-state index is 12.9. The molecule has 1 N–H and O–H groups in total. The summed E-state index contributed by atoms with van der Waals surface area (Å²) < 4.78 is 3.44. The third-order valence-corrected chi connectivity index (χ3v) is 5.51. The van der Waals surface area contributed by atoms with Gasteiger partial charge >= 0.3 is 0 Å². The normalized spacial score (nSPS) is 11.1. The zero-order chi connectivity index (χ0) is 22.1. The summed E-state index contributed by atoms with van der Waals surface area (Å²) in [5, 5.41) is 8.60. The van der Waals surface area contributed by atoms with Crippen molar-refractivity contribution in [2.45, 2.75) is 40.7 Å². The van der Waals surface area contributed by atoms with Gasteiger partial charge in [0, 0.05) is 30.1 Å². The molecule has 2 aromatic carbocycles. The molecule has 0 bridgehead atoms. The van der Waals surface area contributed by atoms with Crippen LogP contribution in [0, 0.1) is 27.7 Å². The smallest absolute Gasteiger partial charge is 0.252 e. The monoisotopic (exact) mass is 414 g/mol. The molecule has 6 heteroatoms. The number of carbonyl (C=O) groups is 1. The Hall–Kier alpha value is -3.67. The molecule has 158 valence electrons. The fourth-order valence-corrected chi connectivity index (χ4v) is 4.01. The van der Waals surface area contributed by atoms with Crippen LogP contribution >= 0.6 is 0 Å². The number of rotatable bonds is 5. The number of nitrogens with zero attached hydrogens (tertiary/aromatic N) is 3. The Kier molecular flexibility index (Phi) is 5.46. The Morgan fingerprint density at radius 1 is 0.968 bits per heavy atom. The van der Waals surface area contributed by atoms with E-state index in [4.69, 9.17) is 5.10 Å². The first-order chi connectivity index (χ1) is 14.8. The van der Waals surface area contributed by atoms with Crippen molar-refractivity contribution in [3.8, 4) is 5.69 Å². The van der Waals surface area contributed by atoms with Gasteiger partial charge in [-0.1, -0.05) is 35.9 Å². The molecule has 0 saturated heterocycles. The largest absolute Gasteiger partial charge is 0.326 e. The van der Waals surface area contributed by atoms with Crippen molar-refractivity contribution in [3.63, 3.8) is 0 Å². The summed E-state index contributed by atoms with van der Waals surface area (Å²) in [4.78, 5) is 25.5. The van der Waals surface area contributed by atoms with Crippen LogP contribution in [0.2, 0.25) is 0 Å². The average Bonchev–Trinajstić information content (AvgIpc) is 3.08. The Morgan fingerprint density at radius 2 is 1.71 bits per heavy atom. The van der Waals surface area contributed by atoms with Gasteiger partial charge in [-0.25, -0.2) is 4.68 Å². The quantitative estimate of drug-likeness (QED) is 0.525. The first-order valence-electron chi connectivity index (χ1n) is 10.4. The van der Waals surface area contributed by atoms with Gasteiger partial charge in [0.15, 0.2) is 0 Å². The lowest BCUT2D eigenvalue weighted by molar-refractivity contribution is -0.116. The van der Waals surface area contributed by atoms with E-state index in [2.05, 4.69) is 5.32 Å². The molecule has 0 aliphatic carbocycles. The van der Waals surface area contributed by atoms with Crippen molar-refractivity contribution in [1.29, 1.82) is 0 Å². The molecular weight excluding hydrogens is 388 g/mol. The van der Waals surface area contributed by atoms with Gasteiger partial charge in [0.2, 0.25) is 5.91 Å². The fourth-order valence-electron chi connectivity index (χ4n) is 4.01. The van der Waals surface area contributed by atoms with Gasteiger partial charge in [0.25, 0.3) is 5.56 Å². The highest BCUT2D eigenvalue weighted by Gasteiger charge is 2.17. The van der Waals surface area contributed by atoms with Crippen molar-refractivity contribution in [1.82, 2.24) is 14.3 Å². The van der Waals surface area contributed by atoms with E-state index in [0.29, 0.717) is 5.65 Å². The molecule has 2 heterocycles. The number of anilines is 1. The molecule has 2 aromatic heterocycles. The van der Waals surface area contributed by atoms with Crippen LogP contribution in [0.25, 0.3) is 16.7 Å². The molecule has 31 heavy (non-hydrogen) atoms. The van der Waals surface area contributed by atoms with E-state index in [1.165, 1.54) is 0 Å². The Labute approximate surface area is 181 Å². The average molecular weight is 415 g/mol. The minimum atomic E-state index is -0.138. The Bertz CT molecular complexity index is 1330. The lowest BCUT2D eigenvalue weighted by Crippen LogP contribution is -2.25. The second-order valence-electron chi connectivity index (χ2n) is 7.97. The van der Waals surface area contributed by atoms with Crippen LogP contribution in [0.1, 0.15) is 28.8 Å². The third-order valence-electron chi connectivity index (χ3n) is 5.51. The fraction of sp³-hybridized carbons (Fsp3) is 0.240. The minimum absolute atomic E-state index is 0.130. The Morgan fingerprint density at radius 3 is 2.42 bits per heavy atom. The van der Waals surface area contributed by atoms with Gasteiger partial charge in [-0.2, -0.15) is 5.10 Å². The number of para-hydroxylation sites is 1. The van der Waals surface area contributed by atoms with Gasteiger partial charge < -0.3 is 5.32 Å². The van der Waals surface area contributed by atoms with Gasteiger partial charge in [-0.3, -0.25) is 14.2 Å². The van der Waals surface area contributed by atoms with Gasteiger partial charge in [0.1, 0.15) is 5.65 Å². The number of amides is 1. The summed E-state index contributed by atoms with van der Waals surface area (Å²) in [5.41, 5.74) is 6.14. The molecule has 0 spiro atoms. The molecule has 6 nitrogen and oxygen atoms in total. The number of hydrogen-bond acceptors (Lipinski definition) is 3. The number of nitrogens with one attached hydrogen (secondary N) is 1. The van der Waals surface area contributed by atoms with E-state index >= 15 is 0 Å². The molecule has 0 atom stereocenters. The summed E-state index contributed by atoms with van der Waals surface area (Å²) >= 11 is 0. The topological polar surface area (TPSA) is 68.9 Å². The van der Waals surface area contributed by atoms with E-state index in [-0.39, 0.29) is 24.4 Å². The van der Waals surface area contributed by atoms with Crippen LogP contribution in [-0.2, 0) is 11.3 Å². The molecule has 0 aliphatic rings. The number of fused-ring (bicyclic) bond motifs is 1. The number of pyridine rings is 1. The van der Waals surface area contributed by atoms with E-state index in [0.717, 1.165) is 39.1 Å². The highest BCUT2D eigenvalue weighted by atomic mass is 16.2.